The van der Waals surface area contributed by atoms with Crippen LogP contribution in [0, 0.1) is 20.2 Å². The van der Waals surface area contributed by atoms with E-state index in [0.29, 0.717) is 30.5 Å². The summed E-state index contributed by atoms with van der Waals surface area (Å²) in [6.07, 6.45) is 0.983. The molecule has 0 fully saturated rings. The van der Waals surface area contributed by atoms with Crippen molar-refractivity contribution in [1.82, 2.24) is 0 Å². The lowest BCUT2D eigenvalue weighted by atomic mass is 10.1. The number of anilines is 1. The largest absolute Gasteiger partial charge is 0.395 e. The van der Waals surface area contributed by atoms with Crippen LogP contribution in [0.5, 0.6) is 0 Å². The summed E-state index contributed by atoms with van der Waals surface area (Å²) < 4.78 is 0. The Bertz CT molecular complexity index is 1010. The van der Waals surface area contributed by atoms with Crippen molar-refractivity contribution in [1.29, 1.82) is 0 Å². The van der Waals surface area contributed by atoms with E-state index in [1.807, 2.05) is 29.2 Å². The summed E-state index contributed by atoms with van der Waals surface area (Å²) in [6.45, 7) is 0.513. The molecule has 30 heavy (non-hydrogen) atoms. The van der Waals surface area contributed by atoms with Crippen molar-refractivity contribution in [3.8, 4) is 0 Å². The van der Waals surface area contributed by atoms with Gasteiger partial charge >= 0.3 is 5.03 Å². The first kappa shape index (κ1) is 21.6. The molecule has 2 aromatic rings. The molecule has 2 aromatic carbocycles. The Morgan fingerprint density at radius 2 is 1.70 bits per heavy atom. The van der Waals surface area contributed by atoms with E-state index >= 15 is 0 Å². The fourth-order valence-electron chi connectivity index (χ4n) is 3.17. The van der Waals surface area contributed by atoms with Crippen molar-refractivity contribution in [3.63, 3.8) is 0 Å². The molecule has 0 saturated carbocycles. The standard InChI is InChI=1S/C18H19N5O6S/c24-9-7-21(8-10-25)15-6-5-14(12-3-1-2-4-13(12)15)19-20-18-16(22(26)27)11-17(30-18)23(28)29/h1-6,11,16,18,24-25H,7-10H2. The Kier molecular flexibility index (Phi) is 6.92. The molecule has 0 aromatic heterocycles. The molecule has 0 bridgehead atoms. The fourth-order valence-corrected chi connectivity index (χ4v) is 4.13. The summed E-state index contributed by atoms with van der Waals surface area (Å²) in [5, 5.41) is 49.2. The Labute approximate surface area is 175 Å². The zero-order valence-corrected chi connectivity index (χ0v) is 16.5. The number of nitro groups is 2. The molecule has 11 nitrogen and oxygen atoms in total. The van der Waals surface area contributed by atoms with Crippen LogP contribution in [0.1, 0.15) is 0 Å². The average Bonchev–Trinajstić information content (AvgIpc) is 3.17. The maximum absolute atomic E-state index is 11.2. The highest BCUT2D eigenvalue weighted by Crippen LogP contribution is 2.38. The minimum absolute atomic E-state index is 0.0806. The molecular weight excluding hydrogens is 414 g/mol. The first-order chi connectivity index (χ1) is 14.5. The molecule has 158 valence electrons. The number of hydrogen-bond donors (Lipinski definition) is 2. The van der Waals surface area contributed by atoms with Crippen molar-refractivity contribution >= 4 is 33.9 Å². The van der Waals surface area contributed by atoms with Gasteiger partial charge in [-0.2, -0.15) is 10.2 Å². The van der Waals surface area contributed by atoms with Crippen LogP contribution >= 0.6 is 11.8 Å². The molecule has 0 amide bonds. The van der Waals surface area contributed by atoms with Gasteiger partial charge in [0.1, 0.15) is 0 Å². The Balaban J connectivity index is 1.95. The van der Waals surface area contributed by atoms with Crippen molar-refractivity contribution < 1.29 is 20.1 Å². The van der Waals surface area contributed by atoms with Crippen molar-refractivity contribution in [2.24, 2.45) is 10.2 Å². The molecule has 1 aliphatic heterocycles. The summed E-state index contributed by atoms with van der Waals surface area (Å²) in [7, 11) is 0. The molecule has 3 rings (SSSR count). The number of rotatable bonds is 9. The molecular formula is C18H19N5O6S. The first-order valence-electron chi connectivity index (χ1n) is 9.02. The lowest BCUT2D eigenvalue weighted by Crippen LogP contribution is -2.29. The smallest absolute Gasteiger partial charge is 0.308 e. The lowest BCUT2D eigenvalue weighted by Gasteiger charge is -2.25. The van der Waals surface area contributed by atoms with E-state index in [1.165, 1.54) is 0 Å². The van der Waals surface area contributed by atoms with Gasteiger partial charge in [-0.25, -0.2) is 0 Å². The van der Waals surface area contributed by atoms with Crippen molar-refractivity contribution in [2.75, 3.05) is 31.2 Å². The van der Waals surface area contributed by atoms with Gasteiger partial charge in [-0.3, -0.25) is 20.2 Å². The van der Waals surface area contributed by atoms with Crippen LogP contribution in [0.15, 0.2) is 57.7 Å². The van der Waals surface area contributed by atoms with Crippen LogP contribution in [-0.2, 0) is 0 Å². The van der Waals surface area contributed by atoms with Crippen LogP contribution < -0.4 is 4.90 Å². The SMILES string of the molecule is O=[N+]([O-])C1=CC([N+](=O)[O-])C(N=Nc2ccc(N(CCO)CCO)c3ccccc23)S1. The Hall–Kier alpha value is -3.09. The number of thioether (sulfide) groups is 1. The van der Waals surface area contributed by atoms with E-state index in [0.717, 1.165) is 22.5 Å². The summed E-state index contributed by atoms with van der Waals surface area (Å²) in [6, 6.07) is 9.46. The molecule has 12 heteroatoms. The third-order valence-corrected chi connectivity index (χ3v) is 5.65. The number of nitrogens with zero attached hydrogens (tertiary/aromatic N) is 5. The second-order valence-corrected chi connectivity index (χ2v) is 7.48. The van der Waals surface area contributed by atoms with Crippen molar-refractivity contribution in [3.05, 3.63) is 67.7 Å². The lowest BCUT2D eigenvalue weighted by molar-refractivity contribution is -0.509. The number of azo groups is 1. The van der Waals surface area contributed by atoms with Gasteiger partial charge in [0.2, 0.25) is 0 Å². The van der Waals surface area contributed by atoms with Gasteiger partial charge in [0, 0.05) is 34.5 Å². The fraction of sp³-hybridized carbons (Fsp3) is 0.333. The molecule has 2 atom stereocenters. The minimum Gasteiger partial charge on any atom is -0.395 e. The Morgan fingerprint density at radius 3 is 2.30 bits per heavy atom. The highest BCUT2D eigenvalue weighted by molar-refractivity contribution is 8.03. The number of benzene rings is 2. The number of aliphatic hydroxyl groups is 2. The van der Waals surface area contributed by atoms with E-state index in [-0.39, 0.29) is 18.2 Å². The van der Waals surface area contributed by atoms with E-state index in [2.05, 4.69) is 10.2 Å². The van der Waals surface area contributed by atoms with Crippen molar-refractivity contribution in [2.45, 2.75) is 11.4 Å². The van der Waals surface area contributed by atoms with E-state index in [9.17, 15) is 30.4 Å². The number of fused-ring (bicyclic) bond motifs is 1. The molecule has 0 radical (unpaired) electrons. The van der Waals surface area contributed by atoms with E-state index in [4.69, 9.17) is 0 Å². The zero-order valence-electron chi connectivity index (χ0n) is 15.7. The molecule has 0 aliphatic carbocycles. The first-order valence-corrected chi connectivity index (χ1v) is 9.90. The van der Waals surface area contributed by atoms with Crippen LogP contribution in [0.4, 0.5) is 11.4 Å². The maximum Gasteiger partial charge on any atom is 0.308 e. The van der Waals surface area contributed by atoms with Gasteiger partial charge in [-0.15, -0.1) is 0 Å². The number of aliphatic hydroxyl groups excluding tert-OH is 2. The van der Waals surface area contributed by atoms with Gasteiger partial charge in [-0.05, 0) is 23.9 Å². The normalized spacial score (nSPS) is 18.7. The van der Waals surface area contributed by atoms with E-state index in [1.54, 1.807) is 12.1 Å². The van der Waals surface area contributed by atoms with Gasteiger partial charge in [-0.1, -0.05) is 24.3 Å². The topological polar surface area (TPSA) is 155 Å². The molecule has 1 heterocycles. The monoisotopic (exact) mass is 433 g/mol. The summed E-state index contributed by atoms with van der Waals surface area (Å²) >= 11 is 0.697. The third-order valence-electron chi connectivity index (χ3n) is 4.51. The van der Waals surface area contributed by atoms with Gasteiger partial charge in [0.15, 0.2) is 5.37 Å². The summed E-state index contributed by atoms with van der Waals surface area (Å²) in [5.74, 6) is 0. The van der Waals surface area contributed by atoms with Crippen LogP contribution in [-0.4, -0.2) is 57.8 Å². The highest BCUT2D eigenvalue weighted by Gasteiger charge is 2.43. The molecule has 2 N–H and O–H groups in total. The van der Waals surface area contributed by atoms with E-state index < -0.39 is 21.3 Å². The Morgan fingerprint density at radius 1 is 1.03 bits per heavy atom. The molecule has 1 aliphatic rings. The average molecular weight is 433 g/mol. The summed E-state index contributed by atoms with van der Waals surface area (Å²) in [5.41, 5.74) is 1.25. The predicted molar refractivity (Wildman–Crippen MR) is 112 cm³/mol. The highest BCUT2D eigenvalue weighted by atomic mass is 32.2. The van der Waals surface area contributed by atoms with Crippen LogP contribution in [0.25, 0.3) is 10.8 Å². The van der Waals surface area contributed by atoms with Gasteiger partial charge in [0.25, 0.3) is 6.04 Å². The zero-order chi connectivity index (χ0) is 21.7. The maximum atomic E-state index is 11.2. The predicted octanol–water partition coefficient (Wildman–Crippen LogP) is 2.55. The minimum atomic E-state index is -1.32. The second kappa shape index (κ2) is 9.61. The third kappa shape index (κ3) is 4.56. The second-order valence-electron chi connectivity index (χ2n) is 6.35. The summed E-state index contributed by atoms with van der Waals surface area (Å²) in [4.78, 5) is 22.7. The van der Waals surface area contributed by atoms with Gasteiger partial charge < -0.3 is 15.1 Å². The number of hydrogen-bond acceptors (Lipinski definition) is 10. The molecule has 0 saturated heterocycles. The van der Waals surface area contributed by atoms with Crippen LogP contribution in [0.3, 0.4) is 0 Å². The van der Waals surface area contributed by atoms with Crippen LogP contribution in [0.2, 0.25) is 0 Å². The van der Waals surface area contributed by atoms with Gasteiger partial charge in [0.05, 0.1) is 29.9 Å². The quantitative estimate of drug-likeness (QED) is 0.347. The molecule has 2 unspecified atom stereocenters. The molecule has 0 spiro atoms.